The van der Waals surface area contributed by atoms with E-state index < -0.39 is 5.41 Å². The highest BCUT2D eigenvalue weighted by Gasteiger charge is 2.43. The smallest absolute Gasteiger partial charge is 0.230 e. The summed E-state index contributed by atoms with van der Waals surface area (Å²) in [6, 6.07) is 8.25. The molecule has 1 saturated carbocycles. The maximum atomic E-state index is 13.6. The zero-order chi connectivity index (χ0) is 22.0. The van der Waals surface area contributed by atoms with Gasteiger partial charge in [0.1, 0.15) is 17.4 Å². The van der Waals surface area contributed by atoms with Crippen LogP contribution in [0.5, 0.6) is 5.75 Å². The molecule has 1 aromatic heterocycles. The van der Waals surface area contributed by atoms with Crippen molar-refractivity contribution in [1.29, 1.82) is 0 Å². The molecule has 3 aliphatic rings. The van der Waals surface area contributed by atoms with Crippen LogP contribution >= 0.6 is 0 Å². The van der Waals surface area contributed by atoms with E-state index in [0.717, 1.165) is 101 Å². The zero-order valence-electron chi connectivity index (χ0n) is 19.0. The average molecular weight is 439 g/mol. The summed E-state index contributed by atoms with van der Waals surface area (Å²) in [6.45, 7) is 2.48. The molecule has 172 valence electrons. The molecular weight excluding hydrogens is 404 g/mol. The Morgan fingerprint density at radius 2 is 1.84 bits per heavy atom. The van der Waals surface area contributed by atoms with Gasteiger partial charge in [-0.05, 0) is 56.2 Å². The first-order valence-electron chi connectivity index (χ1n) is 12.1. The van der Waals surface area contributed by atoms with E-state index in [9.17, 15) is 4.79 Å². The molecule has 1 saturated heterocycles. The summed E-state index contributed by atoms with van der Waals surface area (Å²) in [6.07, 6.45) is 8.75. The highest BCUT2D eigenvalue weighted by molar-refractivity contribution is 5.88. The number of nitrogens with one attached hydrogen (secondary N) is 1. The molecule has 1 amide bonds. The lowest BCUT2D eigenvalue weighted by atomic mass is 9.77. The molecule has 7 heteroatoms. The Morgan fingerprint density at radius 3 is 2.56 bits per heavy atom. The Hall–Kier alpha value is -2.41. The van der Waals surface area contributed by atoms with Crippen molar-refractivity contribution in [3.8, 4) is 5.75 Å². The third-order valence-electron chi connectivity index (χ3n) is 7.73. The minimum absolute atomic E-state index is 0.169. The molecule has 2 fully saturated rings. The van der Waals surface area contributed by atoms with Crippen LogP contribution in [0.15, 0.2) is 24.3 Å². The van der Waals surface area contributed by atoms with E-state index in [2.05, 4.69) is 32.2 Å². The first kappa shape index (κ1) is 21.4. The average Bonchev–Trinajstić information content (AvgIpc) is 3.45. The molecule has 0 bridgehead atoms. The van der Waals surface area contributed by atoms with Gasteiger partial charge in [-0.3, -0.25) is 4.79 Å². The van der Waals surface area contributed by atoms with Crippen molar-refractivity contribution in [1.82, 2.24) is 20.1 Å². The number of amides is 1. The molecule has 0 spiro atoms. The lowest BCUT2D eigenvalue weighted by Gasteiger charge is -2.31. The van der Waals surface area contributed by atoms with Crippen molar-refractivity contribution in [3.05, 3.63) is 41.5 Å². The van der Waals surface area contributed by atoms with Gasteiger partial charge in [-0.2, -0.15) is 0 Å². The zero-order valence-corrected chi connectivity index (χ0v) is 19.0. The first-order chi connectivity index (χ1) is 15.7. The number of aryl methyl sites for hydroxylation is 1. The van der Waals surface area contributed by atoms with E-state index in [0.29, 0.717) is 5.92 Å². The lowest BCUT2D eigenvalue weighted by Crippen LogP contribution is -2.47. The van der Waals surface area contributed by atoms with Crippen LogP contribution in [0.25, 0.3) is 0 Å². The van der Waals surface area contributed by atoms with Gasteiger partial charge >= 0.3 is 0 Å². The fourth-order valence-electron chi connectivity index (χ4n) is 5.77. The molecular formula is C25H34N4O3. The minimum atomic E-state index is -0.416. The minimum Gasteiger partial charge on any atom is -0.497 e. The molecule has 2 aliphatic heterocycles. The van der Waals surface area contributed by atoms with Crippen LogP contribution in [0.4, 0.5) is 0 Å². The van der Waals surface area contributed by atoms with Crippen LogP contribution in [-0.2, 0) is 27.9 Å². The Morgan fingerprint density at radius 1 is 1.09 bits per heavy atom. The predicted octanol–water partition coefficient (Wildman–Crippen LogP) is 3.51. The van der Waals surface area contributed by atoms with Crippen LogP contribution in [0.2, 0.25) is 0 Å². The summed E-state index contributed by atoms with van der Waals surface area (Å²) in [5.74, 6) is 3.63. The van der Waals surface area contributed by atoms with Gasteiger partial charge in [0.2, 0.25) is 5.91 Å². The standard InChI is InChI=1S/C25H34N4O3/c1-31-21-7-4-19(5-8-21)25(13-2-3-14-25)24(30)26-20-6-9-22-27-28-23(29(22)15-10-20)18-11-16-32-17-12-18/h4-5,7-8,18,20H,2-3,6,9-17H2,1H3,(H,26,30). The van der Waals surface area contributed by atoms with Crippen LogP contribution in [-0.4, -0.2) is 47.0 Å². The number of rotatable bonds is 5. The Kier molecular flexibility index (Phi) is 6.17. The van der Waals surface area contributed by atoms with E-state index in [1.807, 2.05) is 12.1 Å². The number of benzene rings is 1. The highest BCUT2D eigenvalue weighted by Crippen LogP contribution is 2.42. The van der Waals surface area contributed by atoms with Crippen molar-refractivity contribution in [2.45, 2.75) is 81.7 Å². The van der Waals surface area contributed by atoms with Gasteiger partial charge in [-0.25, -0.2) is 0 Å². The van der Waals surface area contributed by atoms with Crippen LogP contribution in [0.3, 0.4) is 0 Å². The third-order valence-corrected chi connectivity index (χ3v) is 7.73. The second-order valence-electron chi connectivity index (χ2n) is 9.53. The Labute approximate surface area is 189 Å². The summed E-state index contributed by atoms with van der Waals surface area (Å²) in [5, 5.41) is 12.5. The number of hydrogen-bond acceptors (Lipinski definition) is 5. The van der Waals surface area contributed by atoms with Crippen LogP contribution in [0, 0.1) is 0 Å². The summed E-state index contributed by atoms with van der Waals surface area (Å²) < 4.78 is 13.2. The highest BCUT2D eigenvalue weighted by atomic mass is 16.5. The maximum Gasteiger partial charge on any atom is 0.230 e. The number of fused-ring (bicyclic) bond motifs is 1. The largest absolute Gasteiger partial charge is 0.497 e. The van der Waals surface area contributed by atoms with Crippen molar-refractivity contribution >= 4 is 5.91 Å². The fourth-order valence-corrected chi connectivity index (χ4v) is 5.77. The molecule has 0 radical (unpaired) electrons. The van der Waals surface area contributed by atoms with Crippen molar-refractivity contribution < 1.29 is 14.3 Å². The molecule has 1 aromatic carbocycles. The van der Waals surface area contributed by atoms with Gasteiger partial charge in [-0.15, -0.1) is 10.2 Å². The number of aromatic nitrogens is 3. The van der Waals surface area contributed by atoms with E-state index >= 15 is 0 Å². The number of hydrogen-bond donors (Lipinski definition) is 1. The number of ether oxygens (including phenoxy) is 2. The molecule has 32 heavy (non-hydrogen) atoms. The maximum absolute atomic E-state index is 13.6. The molecule has 7 nitrogen and oxygen atoms in total. The van der Waals surface area contributed by atoms with Crippen molar-refractivity contribution in [2.75, 3.05) is 20.3 Å². The van der Waals surface area contributed by atoms with E-state index in [1.54, 1.807) is 7.11 Å². The molecule has 5 rings (SSSR count). The van der Waals surface area contributed by atoms with Crippen molar-refractivity contribution in [3.63, 3.8) is 0 Å². The topological polar surface area (TPSA) is 78.3 Å². The van der Waals surface area contributed by atoms with E-state index in [4.69, 9.17) is 9.47 Å². The first-order valence-corrected chi connectivity index (χ1v) is 12.1. The quantitative estimate of drug-likeness (QED) is 0.773. The Bertz CT molecular complexity index is 927. The number of methoxy groups -OCH3 is 1. The number of carbonyl (C=O) groups excluding carboxylic acids is 1. The monoisotopic (exact) mass is 438 g/mol. The Balaban J connectivity index is 1.28. The fraction of sp³-hybridized carbons (Fsp3) is 0.640. The second-order valence-corrected chi connectivity index (χ2v) is 9.53. The summed E-state index contributed by atoms with van der Waals surface area (Å²) in [7, 11) is 1.67. The molecule has 1 atom stereocenters. The lowest BCUT2D eigenvalue weighted by molar-refractivity contribution is -0.127. The summed E-state index contributed by atoms with van der Waals surface area (Å²) in [4.78, 5) is 13.6. The van der Waals surface area contributed by atoms with Crippen LogP contribution in [0.1, 0.15) is 74.5 Å². The normalized spacial score (nSPS) is 23.3. The van der Waals surface area contributed by atoms with Gasteiger partial charge < -0.3 is 19.4 Å². The van der Waals surface area contributed by atoms with Gasteiger partial charge in [-0.1, -0.05) is 25.0 Å². The summed E-state index contributed by atoms with van der Waals surface area (Å²) >= 11 is 0. The van der Waals surface area contributed by atoms with E-state index in [1.165, 1.54) is 0 Å². The molecule has 1 aliphatic carbocycles. The van der Waals surface area contributed by atoms with Crippen LogP contribution < -0.4 is 10.1 Å². The molecule has 3 heterocycles. The number of carbonyl (C=O) groups is 1. The second kappa shape index (κ2) is 9.22. The predicted molar refractivity (Wildman–Crippen MR) is 121 cm³/mol. The molecule has 1 N–H and O–H groups in total. The molecule has 1 unspecified atom stereocenters. The summed E-state index contributed by atoms with van der Waals surface area (Å²) in [5.41, 5.74) is 0.696. The van der Waals surface area contributed by atoms with Crippen molar-refractivity contribution in [2.24, 2.45) is 0 Å². The van der Waals surface area contributed by atoms with Gasteiger partial charge in [0.05, 0.1) is 12.5 Å². The van der Waals surface area contributed by atoms with E-state index in [-0.39, 0.29) is 11.9 Å². The van der Waals surface area contributed by atoms with Gasteiger partial charge in [0.25, 0.3) is 0 Å². The van der Waals surface area contributed by atoms with Gasteiger partial charge in [0.15, 0.2) is 0 Å². The SMILES string of the molecule is COc1ccc(C2(C(=O)NC3CCc4nnc(C5CCOCC5)n4CC3)CCCC2)cc1. The van der Waals surface area contributed by atoms with Gasteiger partial charge in [0, 0.05) is 38.1 Å². The third kappa shape index (κ3) is 4.03. The number of nitrogens with zero attached hydrogens (tertiary/aromatic N) is 3. The molecule has 2 aromatic rings.